The molecule has 4 aliphatic carbocycles. The molecule has 1 amide bonds. The van der Waals surface area contributed by atoms with Crippen LogP contribution in [0.4, 0.5) is 10.1 Å². The summed E-state index contributed by atoms with van der Waals surface area (Å²) in [5.41, 5.74) is -1.00. The van der Waals surface area contributed by atoms with Crippen LogP contribution in [0, 0.1) is 22.7 Å². The molecule has 0 spiro atoms. The van der Waals surface area contributed by atoms with Crippen LogP contribution in [0.25, 0.3) is 11.8 Å². The number of alkyl halides is 1. The number of fused-ring (bicyclic) bond motifs is 8. The van der Waals surface area contributed by atoms with Crippen LogP contribution in [-0.4, -0.2) is 67.6 Å². The van der Waals surface area contributed by atoms with Crippen LogP contribution in [0.15, 0.2) is 36.0 Å². The Hall–Kier alpha value is -2.92. The number of carbonyl (C=O) groups is 2. The van der Waals surface area contributed by atoms with Gasteiger partial charge >= 0.3 is 0 Å². The fraction of sp³-hybridized carbons (Fsp3) is 0.606. The molecule has 3 saturated carbocycles. The van der Waals surface area contributed by atoms with Crippen molar-refractivity contribution in [2.24, 2.45) is 22.7 Å². The van der Waals surface area contributed by atoms with Crippen molar-refractivity contribution in [1.82, 2.24) is 9.78 Å². The van der Waals surface area contributed by atoms with E-state index in [0.29, 0.717) is 31.4 Å². The van der Waals surface area contributed by atoms with Gasteiger partial charge in [0.15, 0.2) is 17.2 Å². The van der Waals surface area contributed by atoms with Gasteiger partial charge in [-0.2, -0.15) is 5.10 Å². The molecule has 0 radical (unpaired) electrons. The number of aliphatic hydroxyl groups excluding tert-OH is 2. The van der Waals surface area contributed by atoms with Crippen LogP contribution >= 0.6 is 0 Å². The number of aliphatic hydroxyl groups is 2. The third-order valence-corrected chi connectivity index (χ3v) is 11.6. The predicted molar refractivity (Wildman–Crippen MR) is 156 cm³/mol. The van der Waals surface area contributed by atoms with Gasteiger partial charge in [-0.25, -0.2) is 9.07 Å². The second-order valence-electron chi connectivity index (χ2n) is 14.2. The second kappa shape index (κ2) is 9.06. The van der Waals surface area contributed by atoms with Crippen molar-refractivity contribution in [2.75, 3.05) is 11.9 Å². The molecule has 0 bridgehead atoms. The summed E-state index contributed by atoms with van der Waals surface area (Å²) in [6.45, 7) is 8.12. The summed E-state index contributed by atoms with van der Waals surface area (Å²) >= 11 is 0. The third kappa shape index (κ3) is 3.61. The summed E-state index contributed by atoms with van der Waals surface area (Å²) in [7, 11) is 0. The molecule has 10 heteroatoms. The molecule has 5 aliphatic rings. The Balaban J connectivity index is 1.25. The van der Waals surface area contributed by atoms with Crippen LogP contribution in [0.3, 0.4) is 0 Å². The number of benzene rings is 1. The second-order valence-corrected chi connectivity index (χ2v) is 14.2. The molecule has 1 aromatic heterocycles. The summed E-state index contributed by atoms with van der Waals surface area (Å²) in [6, 6.07) is 7.41. The molecule has 4 fully saturated rings. The highest BCUT2D eigenvalue weighted by molar-refractivity contribution is 5.91. The van der Waals surface area contributed by atoms with Gasteiger partial charge in [0, 0.05) is 29.4 Å². The van der Waals surface area contributed by atoms with Gasteiger partial charge in [-0.05, 0) is 87.8 Å². The maximum Gasteiger partial charge on any atom is 0.221 e. The molecule has 230 valence electrons. The quantitative estimate of drug-likeness (QED) is 0.487. The van der Waals surface area contributed by atoms with Gasteiger partial charge in [0.1, 0.15) is 12.3 Å². The maximum absolute atomic E-state index is 18.1. The Morgan fingerprint density at radius 1 is 1.16 bits per heavy atom. The number of amides is 1. The van der Waals surface area contributed by atoms with Crippen LogP contribution in [0.5, 0.6) is 0 Å². The normalized spacial score (nSPS) is 40.4. The molecule has 2 heterocycles. The predicted octanol–water partition coefficient (Wildman–Crippen LogP) is 4.14. The number of halogens is 1. The van der Waals surface area contributed by atoms with E-state index in [1.54, 1.807) is 20.0 Å². The fourth-order valence-electron chi connectivity index (χ4n) is 9.87. The fourth-order valence-corrected chi connectivity index (χ4v) is 9.87. The molecular weight excluding hydrogens is 553 g/mol. The number of carbonyl (C=O) groups excluding carboxylic acids is 2. The Bertz CT molecular complexity index is 1550. The molecule has 2 aromatic rings. The number of hydrogen-bond donors (Lipinski definition) is 3. The van der Waals surface area contributed by atoms with Crippen molar-refractivity contribution in [3.63, 3.8) is 0 Å². The van der Waals surface area contributed by atoms with Crippen LogP contribution in [0.1, 0.15) is 71.6 Å². The van der Waals surface area contributed by atoms with Gasteiger partial charge < -0.3 is 25.0 Å². The number of ketones is 1. The highest BCUT2D eigenvalue weighted by Gasteiger charge is 2.80. The first-order valence-electron chi connectivity index (χ1n) is 15.3. The van der Waals surface area contributed by atoms with E-state index in [2.05, 4.69) is 10.4 Å². The number of allylic oxidation sites excluding steroid dienone is 1. The van der Waals surface area contributed by atoms with E-state index in [1.807, 2.05) is 48.9 Å². The van der Waals surface area contributed by atoms with E-state index in [9.17, 15) is 19.8 Å². The van der Waals surface area contributed by atoms with Crippen molar-refractivity contribution in [3.8, 4) is 5.69 Å². The average Bonchev–Trinajstić information content (AvgIpc) is 3.54. The van der Waals surface area contributed by atoms with Crippen molar-refractivity contribution < 1.29 is 33.7 Å². The molecular formula is C33H40FN3O6. The van der Waals surface area contributed by atoms with E-state index in [0.717, 1.165) is 22.5 Å². The van der Waals surface area contributed by atoms with Gasteiger partial charge in [-0.3, -0.25) is 9.59 Å². The van der Waals surface area contributed by atoms with Crippen molar-refractivity contribution in [1.29, 1.82) is 0 Å². The highest BCUT2D eigenvalue weighted by Crippen LogP contribution is 2.72. The Morgan fingerprint density at radius 3 is 2.56 bits per heavy atom. The summed E-state index contributed by atoms with van der Waals surface area (Å²) < 4.78 is 32.6. The van der Waals surface area contributed by atoms with Crippen LogP contribution in [0.2, 0.25) is 0 Å². The summed E-state index contributed by atoms with van der Waals surface area (Å²) in [4.78, 5) is 24.9. The minimum atomic E-state index is -1.95. The summed E-state index contributed by atoms with van der Waals surface area (Å²) in [6.07, 6.45) is 3.87. The zero-order chi connectivity index (χ0) is 30.7. The molecule has 1 aliphatic heterocycles. The average molecular weight is 594 g/mol. The lowest BCUT2D eigenvalue weighted by molar-refractivity contribution is -0.250. The number of anilines is 1. The third-order valence-electron chi connectivity index (χ3n) is 11.6. The summed E-state index contributed by atoms with van der Waals surface area (Å²) in [5, 5.41) is 29.3. The number of nitrogens with one attached hydrogen (secondary N) is 1. The zero-order valence-corrected chi connectivity index (χ0v) is 25.3. The molecule has 1 aromatic carbocycles. The first kappa shape index (κ1) is 28.8. The maximum atomic E-state index is 18.1. The van der Waals surface area contributed by atoms with Crippen LogP contribution in [-0.2, 0) is 25.5 Å². The number of hydrogen-bond acceptors (Lipinski definition) is 7. The lowest BCUT2D eigenvalue weighted by atomic mass is 9.43. The first-order chi connectivity index (χ1) is 20.2. The van der Waals surface area contributed by atoms with Gasteiger partial charge in [0.2, 0.25) is 5.91 Å². The van der Waals surface area contributed by atoms with E-state index in [1.165, 1.54) is 6.92 Å². The SMILES string of the molecule is CC(=O)Nc1ccc(-n2ncc3c2C=C2CC[C@H]4[C@@H]5C[C@H]6OC(C)(C)O[C@@]6(C(=O)CO)[C@@]5(C)C[C@H](O)[C@]4(F)[C@@]2(C)C3)cc1. The first-order valence-corrected chi connectivity index (χ1v) is 15.3. The van der Waals surface area contributed by atoms with Crippen molar-refractivity contribution >= 4 is 23.5 Å². The topological polar surface area (TPSA) is 123 Å². The lowest BCUT2D eigenvalue weighted by Gasteiger charge is -2.63. The molecule has 8 atom stereocenters. The molecule has 9 nitrogen and oxygen atoms in total. The minimum absolute atomic E-state index is 0.0297. The van der Waals surface area contributed by atoms with E-state index in [-0.39, 0.29) is 18.2 Å². The smallest absolute Gasteiger partial charge is 0.221 e. The Kier molecular flexibility index (Phi) is 6.08. The Morgan fingerprint density at radius 2 is 1.88 bits per heavy atom. The number of Topliss-reactive ketones (excluding diaryl/α,β-unsaturated/α-hetero) is 1. The van der Waals surface area contributed by atoms with Gasteiger partial charge in [-0.1, -0.05) is 19.4 Å². The molecule has 3 N–H and O–H groups in total. The largest absolute Gasteiger partial charge is 0.390 e. The van der Waals surface area contributed by atoms with Gasteiger partial charge in [0.25, 0.3) is 0 Å². The van der Waals surface area contributed by atoms with Crippen molar-refractivity contribution in [2.45, 2.75) is 96.0 Å². The standard InChI is InChI=1S/C33H40FN3O6/c1-18(39)36-21-7-9-22(10-8-21)37-25-12-20-6-11-23-24-13-28-33(27(41)17-38,43-29(2,3)42-28)31(24,5)15-26(40)32(23,34)30(20,4)14-19(25)16-35-37/h7-10,12,16,23-24,26,28,38,40H,6,11,13-15,17H2,1-5H3,(H,36,39)/t23-,24-,26-,28+,30-,31-,32-,33+/m0/s1. The molecule has 1 saturated heterocycles. The highest BCUT2D eigenvalue weighted by atomic mass is 19.1. The van der Waals surface area contributed by atoms with Gasteiger partial charge in [-0.15, -0.1) is 0 Å². The minimum Gasteiger partial charge on any atom is -0.390 e. The number of ether oxygens (including phenoxy) is 2. The Labute approximate surface area is 250 Å². The van der Waals surface area contributed by atoms with Gasteiger partial charge in [0.05, 0.1) is 29.8 Å². The van der Waals surface area contributed by atoms with Crippen LogP contribution < -0.4 is 5.32 Å². The summed E-state index contributed by atoms with van der Waals surface area (Å²) in [5.74, 6) is -2.44. The lowest BCUT2D eigenvalue weighted by Crippen LogP contribution is -2.70. The molecule has 43 heavy (non-hydrogen) atoms. The van der Waals surface area contributed by atoms with E-state index < -0.39 is 58.4 Å². The molecule has 7 rings (SSSR count). The monoisotopic (exact) mass is 593 g/mol. The number of aromatic nitrogens is 2. The molecule has 0 unspecified atom stereocenters. The van der Waals surface area contributed by atoms with E-state index >= 15 is 4.39 Å². The number of rotatable bonds is 4. The van der Waals surface area contributed by atoms with E-state index in [4.69, 9.17) is 9.47 Å². The zero-order valence-electron chi connectivity index (χ0n) is 25.3. The van der Waals surface area contributed by atoms with Crippen molar-refractivity contribution in [3.05, 3.63) is 47.3 Å². The number of nitrogens with zero attached hydrogens (tertiary/aromatic N) is 2.